The fraction of sp³-hybridized carbons (Fsp3) is 0.476. The third-order valence-corrected chi connectivity index (χ3v) is 5.60. The standard InChI is InChI=1S/C21H27ClN6O/c1-16(2)13-20(21-23-24-25-28(21)15-19-7-4-12-29-19)27-10-8-26(9-11-27)18-6-3-5-17(22)14-18/h3-7,12,14,16,20H,8-11,13,15H2,1-2H3/t20-/m0/s1. The molecule has 1 atom stereocenters. The lowest BCUT2D eigenvalue weighted by molar-refractivity contribution is 0.153. The minimum Gasteiger partial charge on any atom is -0.467 e. The largest absolute Gasteiger partial charge is 0.467 e. The molecule has 2 aromatic heterocycles. The smallest absolute Gasteiger partial charge is 0.168 e. The van der Waals surface area contributed by atoms with Gasteiger partial charge in [0, 0.05) is 36.9 Å². The van der Waals surface area contributed by atoms with Crippen LogP contribution in [0.1, 0.15) is 37.9 Å². The molecule has 0 unspecified atom stereocenters. The lowest BCUT2D eigenvalue weighted by atomic mass is 10.0. The Hall–Kier alpha value is -2.38. The van der Waals surface area contributed by atoms with Crippen molar-refractivity contribution < 1.29 is 4.42 Å². The van der Waals surface area contributed by atoms with Crippen molar-refractivity contribution in [3.63, 3.8) is 0 Å². The molecule has 8 heteroatoms. The van der Waals surface area contributed by atoms with Gasteiger partial charge < -0.3 is 9.32 Å². The average Bonchev–Trinajstić information content (AvgIpc) is 3.39. The van der Waals surface area contributed by atoms with Crippen molar-refractivity contribution in [2.45, 2.75) is 32.9 Å². The number of tetrazole rings is 1. The highest BCUT2D eigenvalue weighted by Gasteiger charge is 2.30. The van der Waals surface area contributed by atoms with Gasteiger partial charge in [-0.25, -0.2) is 4.68 Å². The molecule has 0 aliphatic carbocycles. The van der Waals surface area contributed by atoms with Crippen LogP contribution >= 0.6 is 11.6 Å². The van der Waals surface area contributed by atoms with Crippen LogP contribution in [-0.4, -0.2) is 51.3 Å². The van der Waals surface area contributed by atoms with Gasteiger partial charge in [0.2, 0.25) is 0 Å². The van der Waals surface area contributed by atoms with Gasteiger partial charge in [-0.2, -0.15) is 0 Å². The number of anilines is 1. The molecule has 0 amide bonds. The molecule has 0 bridgehead atoms. The third kappa shape index (κ3) is 4.79. The number of benzene rings is 1. The lowest BCUT2D eigenvalue weighted by Gasteiger charge is -2.40. The highest BCUT2D eigenvalue weighted by atomic mass is 35.5. The summed E-state index contributed by atoms with van der Waals surface area (Å²) >= 11 is 6.17. The predicted octanol–water partition coefficient (Wildman–Crippen LogP) is 3.88. The molecule has 3 heterocycles. The maximum atomic E-state index is 6.17. The predicted molar refractivity (Wildman–Crippen MR) is 113 cm³/mol. The molecule has 1 fully saturated rings. The molecule has 1 aliphatic rings. The first-order valence-corrected chi connectivity index (χ1v) is 10.5. The Bertz CT molecular complexity index is 902. The zero-order valence-electron chi connectivity index (χ0n) is 16.9. The van der Waals surface area contributed by atoms with Gasteiger partial charge in [-0.3, -0.25) is 4.90 Å². The van der Waals surface area contributed by atoms with E-state index in [1.54, 1.807) is 6.26 Å². The summed E-state index contributed by atoms with van der Waals surface area (Å²) in [5, 5.41) is 13.4. The van der Waals surface area contributed by atoms with Crippen LogP contribution in [0.2, 0.25) is 5.02 Å². The quantitative estimate of drug-likeness (QED) is 0.584. The minimum atomic E-state index is 0.182. The second-order valence-electron chi connectivity index (χ2n) is 7.92. The van der Waals surface area contributed by atoms with E-state index in [0.717, 1.165) is 49.2 Å². The van der Waals surface area contributed by atoms with Crippen LogP contribution in [0, 0.1) is 5.92 Å². The summed E-state index contributed by atoms with van der Waals surface area (Å²) in [4.78, 5) is 4.89. The van der Waals surface area contributed by atoms with Gasteiger partial charge in [0.1, 0.15) is 12.3 Å². The summed E-state index contributed by atoms with van der Waals surface area (Å²) in [5.41, 5.74) is 1.18. The van der Waals surface area contributed by atoms with Crippen molar-refractivity contribution in [2.75, 3.05) is 31.1 Å². The fourth-order valence-corrected chi connectivity index (χ4v) is 4.13. The number of piperazine rings is 1. The molecule has 1 aromatic carbocycles. The first-order valence-electron chi connectivity index (χ1n) is 10.1. The Morgan fingerprint density at radius 2 is 1.93 bits per heavy atom. The van der Waals surface area contributed by atoms with E-state index >= 15 is 0 Å². The summed E-state index contributed by atoms with van der Waals surface area (Å²) in [7, 11) is 0. The van der Waals surface area contributed by atoms with Gasteiger partial charge in [0.15, 0.2) is 5.82 Å². The molecule has 0 N–H and O–H groups in total. The molecule has 1 aliphatic heterocycles. The van der Waals surface area contributed by atoms with E-state index in [0.29, 0.717) is 12.5 Å². The Morgan fingerprint density at radius 3 is 2.62 bits per heavy atom. The topological polar surface area (TPSA) is 63.2 Å². The molecule has 0 saturated carbocycles. The second-order valence-corrected chi connectivity index (χ2v) is 8.36. The summed E-state index contributed by atoms with van der Waals surface area (Å²) < 4.78 is 7.36. The van der Waals surface area contributed by atoms with E-state index in [4.69, 9.17) is 16.0 Å². The van der Waals surface area contributed by atoms with Gasteiger partial charge in [-0.1, -0.05) is 31.5 Å². The first-order chi connectivity index (χ1) is 14.1. The highest BCUT2D eigenvalue weighted by molar-refractivity contribution is 6.30. The SMILES string of the molecule is CC(C)C[C@@H](c1nnnn1Cc1ccco1)N1CCN(c2cccc(Cl)c2)CC1. The van der Waals surface area contributed by atoms with Crippen LogP contribution < -0.4 is 4.90 Å². The molecule has 1 saturated heterocycles. The van der Waals surface area contributed by atoms with Crippen LogP contribution in [0.3, 0.4) is 0 Å². The van der Waals surface area contributed by atoms with Gasteiger partial charge in [-0.15, -0.1) is 5.10 Å². The van der Waals surface area contributed by atoms with E-state index in [-0.39, 0.29) is 6.04 Å². The van der Waals surface area contributed by atoms with Crippen molar-refractivity contribution in [3.05, 3.63) is 59.3 Å². The van der Waals surface area contributed by atoms with Gasteiger partial charge >= 0.3 is 0 Å². The van der Waals surface area contributed by atoms with Gasteiger partial charge in [-0.05, 0) is 53.1 Å². The van der Waals surface area contributed by atoms with Gasteiger partial charge in [0.25, 0.3) is 0 Å². The number of rotatable bonds is 7. The van der Waals surface area contributed by atoms with Crippen molar-refractivity contribution in [1.29, 1.82) is 0 Å². The molecule has 154 valence electrons. The summed E-state index contributed by atoms with van der Waals surface area (Å²) in [6, 6.07) is 12.1. The number of hydrogen-bond acceptors (Lipinski definition) is 6. The number of furan rings is 1. The molecule has 29 heavy (non-hydrogen) atoms. The molecule has 7 nitrogen and oxygen atoms in total. The minimum absolute atomic E-state index is 0.182. The number of nitrogens with zero attached hydrogens (tertiary/aromatic N) is 6. The van der Waals surface area contributed by atoms with Crippen molar-refractivity contribution in [3.8, 4) is 0 Å². The van der Waals surface area contributed by atoms with Crippen LogP contribution in [0.5, 0.6) is 0 Å². The van der Waals surface area contributed by atoms with Crippen LogP contribution in [0.4, 0.5) is 5.69 Å². The van der Waals surface area contributed by atoms with Crippen molar-refractivity contribution >= 4 is 17.3 Å². The normalized spacial score (nSPS) is 16.5. The number of halogens is 1. The van der Waals surface area contributed by atoms with Crippen molar-refractivity contribution in [2.24, 2.45) is 5.92 Å². The molecule has 3 aromatic rings. The number of hydrogen-bond donors (Lipinski definition) is 0. The van der Waals surface area contributed by atoms with Gasteiger partial charge in [0.05, 0.1) is 12.3 Å². The molecular formula is C21H27ClN6O. The van der Waals surface area contributed by atoms with Crippen LogP contribution in [0.25, 0.3) is 0 Å². The number of aromatic nitrogens is 4. The van der Waals surface area contributed by atoms with E-state index < -0.39 is 0 Å². The van der Waals surface area contributed by atoms with E-state index in [1.165, 1.54) is 5.69 Å². The Labute approximate surface area is 176 Å². The zero-order chi connectivity index (χ0) is 20.2. The van der Waals surface area contributed by atoms with E-state index in [1.807, 2.05) is 35.0 Å². The summed E-state index contributed by atoms with van der Waals surface area (Å²) in [5.74, 6) is 2.30. The Kier molecular flexibility index (Phi) is 6.16. The summed E-state index contributed by atoms with van der Waals surface area (Å²) in [6.45, 7) is 8.86. The van der Waals surface area contributed by atoms with E-state index in [2.05, 4.69) is 45.2 Å². The van der Waals surface area contributed by atoms with Crippen molar-refractivity contribution in [1.82, 2.24) is 25.1 Å². The average molecular weight is 415 g/mol. The molecular weight excluding hydrogens is 388 g/mol. The Balaban J connectivity index is 1.49. The molecule has 4 rings (SSSR count). The van der Waals surface area contributed by atoms with Crippen LogP contribution in [-0.2, 0) is 6.54 Å². The van der Waals surface area contributed by atoms with E-state index in [9.17, 15) is 0 Å². The monoisotopic (exact) mass is 414 g/mol. The maximum Gasteiger partial charge on any atom is 0.168 e. The molecule has 0 spiro atoms. The third-order valence-electron chi connectivity index (χ3n) is 5.37. The first kappa shape index (κ1) is 19.9. The Morgan fingerprint density at radius 1 is 1.10 bits per heavy atom. The zero-order valence-corrected chi connectivity index (χ0v) is 17.7. The molecule has 0 radical (unpaired) electrons. The lowest BCUT2D eigenvalue weighted by Crippen LogP contribution is -2.48. The second kappa shape index (κ2) is 8.97. The van der Waals surface area contributed by atoms with Crippen LogP contribution in [0.15, 0.2) is 47.1 Å². The fourth-order valence-electron chi connectivity index (χ4n) is 3.94. The maximum absolute atomic E-state index is 6.17. The highest BCUT2D eigenvalue weighted by Crippen LogP contribution is 2.29. The summed E-state index contributed by atoms with van der Waals surface area (Å²) in [6.07, 6.45) is 2.69.